The van der Waals surface area contributed by atoms with Crippen molar-refractivity contribution in [2.75, 3.05) is 0 Å². The van der Waals surface area contributed by atoms with Gasteiger partial charge in [0.25, 0.3) is 5.91 Å². The summed E-state index contributed by atoms with van der Waals surface area (Å²) in [6, 6.07) is -1.17. The molecule has 0 bridgehead atoms. The van der Waals surface area contributed by atoms with E-state index < -0.39 is 35.9 Å². The molecule has 0 saturated carbocycles. The highest BCUT2D eigenvalue weighted by atomic mass is 16.5. The first-order valence-corrected chi connectivity index (χ1v) is 7.13. The lowest BCUT2D eigenvalue weighted by Crippen LogP contribution is -2.44. The maximum atomic E-state index is 12.0. The van der Waals surface area contributed by atoms with E-state index in [4.69, 9.17) is 14.7 Å². The van der Waals surface area contributed by atoms with E-state index in [0.717, 1.165) is 0 Å². The minimum Gasteiger partial charge on any atom is -0.461 e. The van der Waals surface area contributed by atoms with Crippen LogP contribution in [0.25, 0.3) is 5.53 Å². The van der Waals surface area contributed by atoms with E-state index >= 15 is 0 Å². The highest BCUT2D eigenvalue weighted by Gasteiger charge is 2.29. The van der Waals surface area contributed by atoms with Gasteiger partial charge in [-0.25, -0.2) is 9.78 Å². The predicted molar refractivity (Wildman–Crippen MR) is 78.5 cm³/mol. The predicted octanol–water partition coefficient (Wildman–Crippen LogP) is -0.206. The smallest absolute Gasteiger partial charge is 0.328 e. The van der Waals surface area contributed by atoms with Crippen molar-refractivity contribution >= 4 is 23.9 Å². The van der Waals surface area contributed by atoms with Gasteiger partial charge in [-0.2, -0.15) is 4.79 Å². The summed E-state index contributed by atoms with van der Waals surface area (Å²) >= 11 is 0. The molecule has 0 aliphatic carbocycles. The molecule has 0 radical (unpaired) electrons. The molecule has 1 heterocycles. The average molecular weight is 338 g/mol. The molecule has 0 fully saturated rings. The molecule has 24 heavy (non-hydrogen) atoms. The van der Waals surface area contributed by atoms with Crippen LogP contribution in [0.2, 0.25) is 0 Å². The number of carbonyl (C=O) groups is 3. The quantitative estimate of drug-likeness (QED) is 0.273. The number of amides is 1. The molecule has 0 spiro atoms. The number of Topliss-reactive ketones (excluding diaryl/α,β-unsaturated/α-hetero) is 1. The summed E-state index contributed by atoms with van der Waals surface area (Å²) in [4.78, 5) is 41.6. The lowest BCUT2D eigenvalue weighted by Gasteiger charge is -2.19. The molecule has 2 atom stereocenters. The number of hydrogen-bond acceptors (Lipinski definition) is 7. The molecular weight excluding hydrogens is 320 g/mol. The molecule has 1 amide bonds. The van der Waals surface area contributed by atoms with Gasteiger partial charge < -0.3 is 25.1 Å². The van der Waals surface area contributed by atoms with Gasteiger partial charge in [-0.3, -0.25) is 9.59 Å². The SMILES string of the molecule is CC(C)OC(=O)[C@H](CCC(=O)C=[N+]=[N-])NC(=O)[C@@H](O)c1ncco1. The molecule has 1 aromatic heterocycles. The summed E-state index contributed by atoms with van der Waals surface area (Å²) in [5, 5.41) is 12.1. The second-order valence-electron chi connectivity index (χ2n) is 5.07. The van der Waals surface area contributed by atoms with Gasteiger partial charge in [0.05, 0.1) is 12.3 Å². The Morgan fingerprint density at radius 2 is 2.21 bits per heavy atom. The fraction of sp³-hybridized carbons (Fsp3) is 0.500. The van der Waals surface area contributed by atoms with Gasteiger partial charge in [-0.15, -0.1) is 0 Å². The summed E-state index contributed by atoms with van der Waals surface area (Å²) < 4.78 is 9.82. The van der Waals surface area contributed by atoms with Crippen LogP contribution in [0, 0.1) is 0 Å². The number of esters is 1. The van der Waals surface area contributed by atoms with Crippen molar-refractivity contribution < 1.29 is 33.4 Å². The van der Waals surface area contributed by atoms with E-state index in [1.165, 1.54) is 12.5 Å². The standard InChI is InChI=1S/C14H18N4O6/c1-8(2)24-14(22)10(4-3-9(19)7-17-15)18-12(21)11(20)13-16-5-6-23-13/h5-8,10-11,20H,3-4H2,1-2H3,(H,18,21)/t10-,11+/m0/s1. The van der Waals surface area contributed by atoms with Crippen LogP contribution in [0.15, 0.2) is 16.9 Å². The van der Waals surface area contributed by atoms with Crippen LogP contribution < -0.4 is 5.32 Å². The summed E-state index contributed by atoms with van der Waals surface area (Å²) in [5.74, 6) is -2.45. The molecule has 10 nitrogen and oxygen atoms in total. The normalized spacial score (nSPS) is 12.8. The van der Waals surface area contributed by atoms with Crippen LogP contribution in [-0.2, 0) is 19.1 Å². The largest absolute Gasteiger partial charge is 0.461 e. The second-order valence-corrected chi connectivity index (χ2v) is 5.07. The average Bonchev–Trinajstić information content (AvgIpc) is 3.04. The number of aliphatic hydroxyl groups is 1. The summed E-state index contributed by atoms with van der Waals surface area (Å²) in [6.45, 7) is 3.25. The maximum Gasteiger partial charge on any atom is 0.328 e. The number of ether oxygens (including phenoxy) is 1. The lowest BCUT2D eigenvalue weighted by atomic mass is 10.1. The first-order valence-electron chi connectivity index (χ1n) is 7.13. The van der Waals surface area contributed by atoms with Crippen molar-refractivity contribution in [3.63, 3.8) is 0 Å². The van der Waals surface area contributed by atoms with Gasteiger partial charge in [-0.05, 0) is 20.3 Å². The van der Waals surface area contributed by atoms with E-state index in [1.54, 1.807) is 13.8 Å². The molecule has 0 unspecified atom stereocenters. The minimum absolute atomic E-state index is 0.0968. The van der Waals surface area contributed by atoms with Crippen molar-refractivity contribution in [3.05, 3.63) is 23.9 Å². The molecule has 0 aromatic carbocycles. The Balaban J connectivity index is 2.76. The Kier molecular flexibility index (Phi) is 7.47. The number of nitrogens with zero attached hydrogens (tertiary/aromatic N) is 3. The van der Waals surface area contributed by atoms with Crippen LogP contribution >= 0.6 is 0 Å². The fourth-order valence-corrected chi connectivity index (χ4v) is 1.71. The molecule has 0 saturated heterocycles. The third-order valence-electron chi connectivity index (χ3n) is 2.77. The summed E-state index contributed by atoms with van der Waals surface area (Å²) in [7, 11) is 0. The van der Waals surface area contributed by atoms with E-state index in [1.807, 2.05) is 0 Å². The van der Waals surface area contributed by atoms with Gasteiger partial charge in [0.2, 0.25) is 17.8 Å². The van der Waals surface area contributed by atoms with Crippen LogP contribution in [0.5, 0.6) is 0 Å². The monoisotopic (exact) mass is 338 g/mol. The molecular formula is C14H18N4O6. The number of oxazole rings is 1. The van der Waals surface area contributed by atoms with E-state index in [-0.39, 0.29) is 18.7 Å². The number of aliphatic hydroxyl groups excluding tert-OH is 1. The Hall–Kier alpha value is -2.84. The zero-order valence-electron chi connectivity index (χ0n) is 13.2. The van der Waals surface area contributed by atoms with E-state index in [2.05, 4.69) is 15.1 Å². The summed E-state index contributed by atoms with van der Waals surface area (Å²) in [6.07, 6.45) is 0.728. The molecule has 1 aromatic rings. The third kappa shape index (κ3) is 6.11. The van der Waals surface area contributed by atoms with Crippen molar-refractivity contribution in [3.8, 4) is 0 Å². The third-order valence-corrected chi connectivity index (χ3v) is 2.77. The number of rotatable bonds is 9. The van der Waals surface area contributed by atoms with E-state index in [0.29, 0.717) is 6.21 Å². The van der Waals surface area contributed by atoms with Crippen molar-refractivity contribution in [2.24, 2.45) is 0 Å². The molecule has 10 heteroatoms. The number of ketones is 1. The van der Waals surface area contributed by atoms with Gasteiger partial charge >= 0.3 is 12.2 Å². The van der Waals surface area contributed by atoms with Crippen LogP contribution in [0.1, 0.15) is 38.7 Å². The molecule has 0 aliphatic rings. The molecule has 2 N–H and O–H groups in total. The number of carbonyl (C=O) groups excluding carboxylic acids is 3. The zero-order valence-corrected chi connectivity index (χ0v) is 13.2. The van der Waals surface area contributed by atoms with Crippen molar-refractivity contribution in [1.29, 1.82) is 0 Å². The Morgan fingerprint density at radius 3 is 2.75 bits per heavy atom. The van der Waals surface area contributed by atoms with Gasteiger partial charge in [-0.1, -0.05) is 0 Å². The number of hydrogen-bond donors (Lipinski definition) is 2. The number of nitrogens with one attached hydrogen (secondary N) is 1. The highest BCUT2D eigenvalue weighted by Crippen LogP contribution is 2.11. The van der Waals surface area contributed by atoms with Crippen LogP contribution in [-0.4, -0.2) is 50.9 Å². The maximum absolute atomic E-state index is 12.0. The topological polar surface area (TPSA) is 155 Å². The summed E-state index contributed by atoms with van der Waals surface area (Å²) in [5.41, 5.74) is 8.29. The van der Waals surface area contributed by atoms with Gasteiger partial charge in [0, 0.05) is 6.42 Å². The first-order chi connectivity index (χ1) is 11.3. The molecule has 130 valence electrons. The van der Waals surface area contributed by atoms with Crippen LogP contribution in [0.4, 0.5) is 0 Å². The van der Waals surface area contributed by atoms with Gasteiger partial charge in [0.1, 0.15) is 12.3 Å². The van der Waals surface area contributed by atoms with Crippen LogP contribution in [0.3, 0.4) is 0 Å². The second kappa shape index (κ2) is 9.33. The van der Waals surface area contributed by atoms with Gasteiger partial charge in [0.15, 0.2) is 0 Å². The number of aromatic nitrogens is 1. The fourth-order valence-electron chi connectivity index (χ4n) is 1.71. The first kappa shape index (κ1) is 19.2. The van der Waals surface area contributed by atoms with E-state index in [9.17, 15) is 19.5 Å². The zero-order chi connectivity index (χ0) is 18.1. The minimum atomic E-state index is -1.70. The molecule has 0 aliphatic heterocycles. The Morgan fingerprint density at radius 1 is 1.50 bits per heavy atom. The Labute approximate surface area is 137 Å². The highest BCUT2D eigenvalue weighted by molar-refractivity contribution is 6.25. The Bertz CT molecular complexity index is 621. The van der Waals surface area contributed by atoms with Crippen molar-refractivity contribution in [1.82, 2.24) is 10.3 Å². The molecule has 1 rings (SSSR count). The lowest BCUT2D eigenvalue weighted by molar-refractivity contribution is -0.152. The van der Waals surface area contributed by atoms with Crippen molar-refractivity contribution in [2.45, 2.75) is 44.9 Å².